The fourth-order valence-electron chi connectivity index (χ4n) is 3.05. The van der Waals surface area contributed by atoms with Crippen LogP contribution in [0.2, 0.25) is 0 Å². The van der Waals surface area contributed by atoms with Crippen molar-refractivity contribution in [1.82, 2.24) is 9.55 Å². The van der Waals surface area contributed by atoms with Crippen LogP contribution in [0.5, 0.6) is 0 Å². The third kappa shape index (κ3) is 2.39. The van der Waals surface area contributed by atoms with Crippen molar-refractivity contribution in [2.75, 3.05) is 11.5 Å². The Morgan fingerprint density at radius 3 is 2.79 bits per heavy atom. The maximum atomic E-state index is 11.4. The highest BCUT2D eigenvalue weighted by molar-refractivity contribution is 7.99. The van der Waals surface area contributed by atoms with E-state index in [9.17, 15) is 9.90 Å². The normalized spacial score (nSPS) is 24.2. The molecule has 19 heavy (non-hydrogen) atoms. The van der Waals surface area contributed by atoms with Crippen molar-refractivity contribution in [3.63, 3.8) is 0 Å². The molecule has 0 radical (unpaired) electrons. The maximum absolute atomic E-state index is 11.4. The standard InChI is InChI=1S/C13H19N3O2S/c14-9-1-4-16-10(7-9)11(13(17)18)15-12(16)8-2-5-19-6-3-8/h8-9H,1-7,14H2,(H,17,18). The van der Waals surface area contributed by atoms with Gasteiger partial charge in [0.05, 0.1) is 5.69 Å². The van der Waals surface area contributed by atoms with Gasteiger partial charge in [-0.2, -0.15) is 11.8 Å². The van der Waals surface area contributed by atoms with Gasteiger partial charge in [-0.3, -0.25) is 0 Å². The van der Waals surface area contributed by atoms with Crippen molar-refractivity contribution < 1.29 is 9.90 Å². The molecule has 1 aromatic rings. The quantitative estimate of drug-likeness (QED) is 0.858. The van der Waals surface area contributed by atoms with E-state index in [1.807, 2.05) is 11.8 Å². The zero-order chi connectivity index (χ0) is 13.4. The van der Waals surface area contributed by atoms with E-state index in [2.05, 4.69) is 9.55 Å². The lowest BCUT2D eigenvalue weighted by atomic mass is 10.00. The van der Waals surface area contributed by atoms with Gasteiger partial charge in [-0.25, -0.2) is 9.78 Å². The van der Waals surface area contributed by atoms with Crippen molar-refractivity contribution in [2.45, 2.75) is 44.2 Å². The predicted molar refractivity (Wildman–Crippen MR) is 74.8 cm³/mol. The monoisotopic (exact) mass is 281 g/mol. The molecule has 0 aliphatic carbocycles. The third-order valence-electron chi connectivity index (χ3n) is 4.07. The summed E-state index contributed by atoms with van der Waals surface area (Å²) < 4.78 is 2.13. The molecule has 5 nitrogen and oxygen atoms in total. The summed E-state index contributed by atoms with van der Waals surface area (Å²) in [5.41, 5.74) is 7.03. The lowest BCUT2D eigenvalue weighted by Gasteiger charge is -2.26. The average Bonchev–Trinajstić information content (AvgIpc) is 2.78. The van der Waals surface area contributed by atoms with Gasteiger partial charge >= 0.3 is 5.97 Å². The van der Waals surface area contributed by atoms with Crippen LogP contribution in [0.1, 0.15) is 47.2 Å². The van der Waals surface area contributed by atoms with Crippen molar-refractivity contribution in [2.24, 2.45) is 5.73 Å². The van der Waals surface area contributed by atoms with Crippen LogP contribution in [-0.2, 0) is 13.0 Å². The topological polar surface area (TPSA) is 81.1 Å². The van der Waals surface area contributed by atoms with E-state index in [-0.39, 0.29) is 11.7 Å². The molecule has 1 unspecified atom stereocenters. The summed E-state index contributed by atoms with van der Waals surface area (Å²) in [5, 5.41) is 9.32. The molecule has 0 amide bonds. The second-order valence-electron chi connectivity index (χ2n) is 5.36. The van der Waals surface area contributed by atoms with Gasteiger partial charge in [-0.05, 0) is 30.8 Å². The number of fused-ring (bicyclic) bond motifs is 1. The Balaban J connectivity index is 2.00. The Morgan fingerprint density at radius 2 is 2.11 bits per heavy atom. The summed E-state index contributed by atoms with van der Waals surface area (Å²) in [6.45, 7) is 0.815. The molecular weight excluding hydrogens is 262 g/mol. The van der Waals surface area contributed by atoms with Gasteiger partial charge < -0.3 is 15.4 Å². The maximum Gasteiger partial charge on any atom is 0.356 e. The molecule has 3 heterocycles. The fourth-order valence-corrected chi connectivity index (χ4v) is 4.15. The number of rotatable bonds is 2. The van der Waals surface area contributed by atoms with Crippen LogP contribution in [0.3, 0.4) is 0 Å². The molecule has 0 spiro atoms. The van der Waals surface area contributed by atoms with Crippen LogP contribution in [0.15, 0.2) is 0 Å². The summed E-state index contributed by atoms with van der Waals surface area (Å²) in [5.74, 6) is 2.78. The molecule has 1 fully saturated rings. The number of carbonyl (C=O) groups is 1. The van der Waals surface area contributed by atoms with Crippen molar-refractivity contribution in [1.29, 1.82) is 0 Å². The summed E-state index contributed by atoms with van der Waals surface area (Å²) in [6.07, 6.45) is 3.76. The molecule has 2 aliphatic rings. The Morgan fingerprint density at radius 1 is 1.37 bits per heavy atom. The minimum absolute atomic E-state index is 0.0667. The Kier molecular flexibility index (Phi) is 3.54. The lowest BCUT2D eigenvalue weighted by molar-refractivity contribution is 0.0689. The molecule has 2 aliphatic heterocycles. The van der Waals surface area contributed by atoms with Gasteiger partial charge in [0.15, 0.2) is 5.69 Å². The molecule has 1 aromatic heterocycles. The summed E-state index contributed by atoms with van der Waals surface area (Å²) in [4.78, 5) is 15.8. The first-order valence-electron chi connectivity index (χ1n) is 6.82. The first-order chi connectivity index (χ1) is 9.16. The van der Waals surface area contributed by atoms with Gasteiger partial charge in [0.25, 0.3) is 0 Å². The average molecular weight is 281 g/mol. The molecule has 1 atom stereocenters. The number of carboxylic acid groups (broad SMARTS) is 1. The Labute approximate surface area is 116 Å². The SMILES string of the molecule is NC1CCn2c(C3CCSCC3)nc(C(=O)O)c2C1. The molecule has 3 N–H and O–H groups in total. The van der Waals surface area contributed by atoms with E-state index in [4.69, 9.17) is 5.73 Å². The van der Waals surface area contributed by atoms with Crippen LogP contribution in [0, 0.1) is 0 Å². The summed E-state index contributed by atoms with van der Waals surface area (Å²) >= 11 is 1.97. The fraction of sp³-hybridized carbons (Fsp3) is 0.692. The van der Waals surface area contributed by atoms with Gasteiger partial charge in [0.1, 0.15) is 5.82 Å². The zero-order valence-corrected chi connectivity index (χ0v) is 11.7. The number of hydrogen-bond acceptors (Lipinski definition) is 4. The van der Waals surface area contributed by atoms with Crippen molar-refractivity contribution >= 4 is 17.7 Å². The van der Waals surface area contributed by atoms with E-state index in [1.54, 1.807) is 0 Å². The first-order valence-corrected chi connectivity index (χ1v) is 7.98. The van der Waals surface area contributed by atoms with Crippen LogP contribution in [-0.4, -0.2) is 38.2 Å². The molecule has 3 rings (SSSR count). The second-order valence-corrected chi connectivity index (χ2v) is 6.59. The van der Waals surface area contributed by atoms with Crippen LogP contribution >= 0.6 is 11.8 Å². The molecular formula is C13H19N3O2S. The highest BCUT2D eigenvalue weighted by atomic mass is 32.2. The highest BCUT2D eigenvalue weighted by Gasteiger charge is 2.30. The minimum Gasteiger partial charge on any atom is -0.476 e. The van der Waals surface area contributed by atoms with Gasteiger partial charge in [0, 0.05) is 24.9 Å². The van der Waals surface area contributed by atoms with Crippen LogP contribution in [0.25, 0.3) is 0 Å². The van der Waals surface area contributed by atoms with E-state index in [1.165, 1.54) is 0 Å². The number of thioether (sulfide) groups is 1. The van der Waals surface area contributed by atoms with Gasteiger partial charge in [-0.15, -0.1) is 0 Å². The zero-order valence-electron chi connectivity index (χ0n) is 10.8. The second kappa shape index (κ2) is 5.17. The van der Waals surface area contributed by atoms with E-state index < -0.39 is 5.97 Å². The Bertz CT molecular complexity index is 494. The Hall–Kier alpha value is -1.01. The van der Waals surface area contributed by atoms with Crippen molar-refractivity contribution in [3.8, 4) is 0 Å². The number of nitrogens with two attached hydrogens (primary N) is 1. The largest absolute Gasteiger partial charge is 0.476 e. The lowest BCUT2D eigenvalue weighted by Crippen LogP contribution is -2.32. The summed E-state index contributed by atoms with van der Waals surface area (Å²) in [6, 6.07) is 0.0667. The van der Waals surface area contributed by atoms with Crippen LogP contribution < -0.4 is 5.73 Å². The molecule has 1 saturated heterocycles. The predicted octanol–water partition coefficient (Wildman–Crippen LogP) is 1.47. The highest BCUT2D eigenvalue weighted by Crippen LogP contribution is 2.33. The number of carboxylic acids is 1. The molecule has 0 saturated carbocycles. The number of aromatic nitrogens is 2. The third-order valence-corrected chi connectivity index (χ3v) is 5.12. The number of hydrogen-bond donors (Lipinski definition) is 2. The summed E-state index contributed by atoms with van der Waals surface area (Å²) in [7, 11) is 0. The first kappa shape index (κ1) is 13.0. The van der Waals surface area contributed by atoms with E-state index >= 15 is 0 Å². The van der Waals surface area contributed by atoms with Gasteiger partial charge in [-0.1, -0.05) is 0 Å². The molecule has 6 heteroatoms. The molecule has 104 valence electrons. The van der Waals surface area contributed by atoms with E-state index in [0.717, 1.165) is 48.8 Å². The van der Waals surface area contributed by atoms with Gasteiger partial charge in [0.2, 0.25) is 0 Å². The molecule has 0 bridgehead atoms. The van der Waals surface area contributed by atoms with E-state index in [0.29, 0.717) is 12.3 Å². The van der Waals surface area contributed by atoms with Crippen molar-refractivity contribution in [3.05, 3.63) is 17.2 Å². The smallest absolute Gasteiger partial charge is 0.356 e. The van der Waals surface area contributed by atoms with Crippen LogP contribution in [0.4, 0.5) is 0 Å². The molecule has 0 aromatic carbocycles. The minimum atomic E-state index is -0.922. The number of aromatic carboxylic acids is 1. The number of imidazole rings is 1. The number of nitrogens with zero attached hydrogens (tertiary/aromatic N) is 2.